The molecule has 0 spiro atoms. The third-order valence-electron chi connectivity index (χ3n) is 1.85. The van der Waals surface area contributed by atoms with Crippen LogP contribution in [0, 0.1) is 11.8 Å². The first kappa shape index (κ1) is 15.1. The fourth-order valence-electron chi connectivity index (χ4n) is 1.10. The monoisotopic (exact) mass is 289 g/mol. The van der Waals surface area contributed by atoms with Gasteiger partial charge in [-0.3, -0.25) is 5.32 Å². The SMILES string of the molecule is CC#CCOC(=O)Nc1ccc(OC(F)F)c(Cl)c1. The van der Waals surface area contributed by atoms with E-state index in [2.05, 4.69) is 21.9 Å². The number of ether oxygens (including phenoxy) is 2. The van der Waals surface area contributed by atoms with Crippen LogP contribution in [0.1, 0.15) is 6.92 Å². The Morgan fingerprint density at radius 1 is 1.53 bits per heavy atom. The summed E-state index contributed by atoms with van der Waals surface area (Å²) in [6.07, 6.45) is -0.721. The van der Waals surface area contributed by atoms with Crippen LogP contribution < -0.4 is 10.1 Å². The van der Waals surface area contributed by atoms with Crippen molar-refractivity contribution in [2.45, 2.75) is 13.5 Å². The second kappa shape index (κ2) is 7.44. The summed E-state index contributed by atoms with van der Waals surface area (Å²) in [5.41, 5.74) is 0.293. The summed E-state index contributed by atoms with van der Waals surface area (Å²) in [7, 11) is 0. The zero-order valence-corrected chi connectivity index (χ0v) is 10.6. The Morgan fingerprint density at radius 2 is 2.26 bits per heavy atom. The number of benzene rings is 1. The van der Waals surface area contributed by atoms with Gasteiger partial charge in [-0.2, -0.15) is 8.78 Å². The van der Waals surface area contributed by atoms with E-state index < -0.39 is 12.7 Å². The minimum absolute atomic E-state index is 0.0390. The molecule has 0 heterocycles. The van der Waals surface area contributed by atoms with Crippen molar-refractivity contribution in [2.75, 3.05) is 11.9 Å². The Bertz CT molecular complexity index is 511. The van der Waals surface area contributed by atoms with Gasteiger partial charge in [-0.25, -0.2) is 4.79 Å². The van der Waals surface area contributed by atoms with Crippen LogP contribution in [0.4, 0.5) is 19.3 Å². The summed E-state index contributed by atoms with van der Waals surface area (Å²) in [5.74, 6) is 4.93. The molecule has 1 amide bonds. The number of rotatable bonds is 4. The summed E-state index contributed by atoms with van der Waals surface area (Å²) in [6, 6.07) is 3.85. The molecule has 0 aromatic heterocycles. The van der Waals surface area contributed by atoms with Crippen LogP contribution in [0.15, 0.2) is 18.2 Å². The number of nitrogens with one attached hydrogen (secondary N) is 1. The number of hydrogen-bond acceptors (Lipinski definition) is 3. The van der Waals surface area contributed by atoms with E-state index in [1.807, 2.05) is 0 Å². The van der Waals surface area contributed by atoms with Crippen molar-refractivity contribution >= 4 is 23.4 Å². The fraction of sp³-hybridized carbons (Fsp3) is 0.250. The Labute approximate surface area is 113 Å². The predicted molar refractivity (Wildman–Crippen MR) is 66.5 cm³/mol. The lowest BCUT2D eigenvalue weighted by Gasteiger charge is -2.09. The van der Waals surface area contributed by atoms with Gasteiger partial charge in [-0.1, -0.05) is 17.5 Å². The second-order valence-electron chi connectivity index (χ2n) is 3.15. The van der Waals surface area contributed by atoms with Crippen molar-refractivity contribution in [3.63, 3.8) is 0 Å². The van der Waals surface area contributed by atoms with Gasteiger partial charge in [-0.15, -0.1) is 5.92 Å². The van der Waals surface area contributed by atoms with Crippen LogP contribution in [0.25, 0.3) is 0 Å². The van der Waals surface area contributed by atoms with Gasteiger partial charge < -0.3 is 9.47 Å². The number of halogens is 3. The van der Waals surface area contributed by atoms with E-state index in [1.165, 1.54) is 18.2 Å². The third-order valence-corrected chi connectivity index (χ3v) is 2.14. The molecule has 0 saturated heterocycles. The zero-order valence-electron chi connectivity index (χ0n) is 9.88. The summed E-state index contributed by atoms with van der Waals surface area (Å²) >= 11 is 5.71. The number of carbonyl (C=O) groups is 1. The number of anilines is 1. The van der Waals surface area contributed by atoms with Crippen LogP contribution in [0.2, 0.25) is 5.02 Å². The van der Waals surface area contributed by atoms with Crippen molar-refractivity contribution in [3.8, 4) is 17.6 Å². The molecule has 0 aliphatic heterocycles. The minimum Gasteiger partial charge on any atom is -0.436 e. The maximum atomic E-state index is 12.0. The van der Waals surface area contributed by atoms with Crippen LogP contribution in [0.3, 0.4) is 0 Å². The molecule has 102 valence electrons. The van der Waals surface area contributed by atoms with Crippen molar-refractivity contribution in [1.82, 2.24) is 0 Å². The largest absolute Gasteiger partial charge is 0.436 e. The molecular formula is C12H10ClF2NO3. The lowest BCUT2D eigenvalue weighted by Crippen LogP contribution is -2.13. The van der Waals surface area contributed by atoms with Crippen molar-refractivity contribution < 1.29 is 23.0 Å². The molecule has 0 bridgehead atoms. The van der Waals surface area contributed by atoms with Crippen LogP contribution >= 0.6 is 11.6 Å². The highest BCUT2D eigenvalue weighted by atomic mass is 35.5. The van der Waals surface area contributed by atoms with E-state index in [1.54, 1.807) is 6.92 Å². The molecule has 0 aliphatic carbocycles. The van der Waals surface area contributed by atoms with Gasteiger partial charge >= 0.3 is 12.7 Å². The van der Waals surface area contributed by atoms with Gasteiger partial charge in [0.05, 0.1) is 5.02 Å². The highest BCUT2D eigenvalue weighted by Crippen LogP contribution is 2.28. The molecule has 1 N–H and O–H groups in total. The Kier molecular flexibility index (Phi) is 5.90. The Balaban J connectivity index is 2.62. The quantitative estimate of drug-likeness (QED) is 0.863. The molecule has 1 aromatic carbocycles. The number of amides is 1. The molecule has 19 heavy (non-hydrogen) atoms. The van der Waals surface area contributed by atoms with E-state index in [-0.39, 0.29) is 17.4 Å². The van der Waals surface area contributed by atoms with Gasteiger partial charge in [0.25, 0.3) is 0 Å². The van der Waals surface area contributed by atoms with Crippen molar-refractivity contribution in [2.24, 2.45) is 0 Å². The van der Waals surface area contributed by atoms with Crippen LogP contribution in [-0.4, -0.2) is 19.3 Å². The minimum atomic E-state index is -2.96. The maximum Gasteiger partial charge on any atom is 0.412 e. The van der Waals surface area contributed by atoms with Crippen LogP contribution in [-0.2, 0) is 4.74 Å². The lowest BCUT2D eigenvalue weighted by atomic mass is 10.3. The first-order valence-corrected chi connectivity index (χ1v) is 5.48. The van der Waals surface area contributed by atoms with Gasteiger partial charge in [0, 0.05) is 5.69 Å². The smallest absolute Gasteiger partial charge is 0.412 e. The molecule has 7 heteroatoms. The van der Waals surface area contributed by atoms with Crippen molar-refractivity contribution in [3.05, 3.63) is 23.2 Å². The van der Waals surface area contributed by atoms with Crippen molar-refractivity contribution in [1.29, 1.82) is 0 Å². The van der Waals surface area contributed by atoms with E-state index in [4.69, 9.17) is 16.3 Å². The molecule has 4 nitrogen and oxygen atoms in total. The molecule has 0 fully saturated rings. The van der Waals surface area contributed by atoms with E-state index in [0.717, 1.165) is 0 Å². The van der Waals surface area contributed by atoms with Gasteiger partial charge in [-0.05, 0) is 25.1 Å². The summed E-state index contributed by atoms with van der Waals surface area (Å²) in [5, 5.41) is 2.32. The molecule has 0 unspecified atom stereocenters. The Hall–Kier alpha value is -2.00. The molecule has 0 aliphatic rings. The average molecular weight is 290 g/mol. The first-order valence-electron chi connectivity index (χ1n) is 5.10. The third kappa shape index (κ3) is 5.44. The second-order valence-corrected chi connectivity index (χ2v) is 3.56. The number of alkyl halides is 2. The fourth-order valence-corrected chi connectivity index (χ4v) is 1.32. The predicted octanol–water partition coefficient (Wildman–Crippen LogP) is 3.51. The van der Waals surface area contributed by atoms with E-state index >= 15 is 0 Å². The van der Waals surface area contributed by atoms with Crippen LogP contribution in [0.5, 0.6) is 5.75 Å². The molecule has 1 rings (SSSR count). The zero-order chi connectivity index (χ0) is 14.3. The van der Waals surface area contributed by atoms with E-state index in [0.29, 0.717) is 5.69 Å². The topological polar surface area (TPSA) is 47.6 Å². The lowest BCUT2D eigenvalue weighted by molar-refractivity contribution is -0.0497. The van der Waals surface area contributed by atoms with Gasteiger partial charge in [0.15, 0.2) is 6.61 Å². The molecule has 1 aromatic rings. The first-order chi connectivity index (χ1) is 9.02. The molecular weight excluding hydrogens is 280 g/mol. The highest BCUT2D eigenvalue weighted by molar-refractivity contribution is 6.32. The number of hydrogen-bond donors (Lipinski definition) is 1. The normalized spacial score (nSPS) is 9.53. The van der Waals surface area contributed by atoms with Gasteiger partial charge in [0.2, 0.25) is 0 Å². The molecule has 0 atom stereocenters. The molecule has 0 radical (unpaired) electrons. The van der Waals surface area contributed by atoms with E-state index in [9.17, 15) is 13.6 Å². The summed E-state index contributed by atoms with van der Waals surface area (Å²) in [6.45, 7) is -1.39. The highest BCUT2D eigenvalue weighted by Gasteiger charge is 2.10. The Morgan fingerprint density at radius 3 is 2.84 bits per heavy atom. The maximum absolute atomic E-state index is 12.0. The standard InChI is InChI=1S/C12H10ClF2NO3/c1-2-3-6-18-12(17)16-8-4-5-10(9(13)7-8)19-11(14)15/h4-5,7,11H,6H2,1H3,(H,16,17). The molecule has 0 saturated carbocycles. The van der Waals surface area contributed by atoms with Gasteiger partial charge in [0.1, 0.15) is 5.75 Å². The average Bonchev–Trinajstić information content (AvgIpc) is 2.32. The summed E-state index contributed by atoms with van der Waals surface area (Å²) < 4.78 is 32.9. The number of carbonyl (C=O) groups excluding carboxylic acids is 1. The summed E-state index contributed by atoms with van der Waals surface area (Å²) in [4.78, 5) is 11.3.